The summed E-state index contributed by atoms with van der Waals surface area (Å²) in [6, 6.07) is 8.77. The van der Waals surface area contributed by atoms with E-state index in [4.69, 9.17) is 11.6 Å². The minimum atomic E-state index is -3.89. The molecule has 8 heteroatoms. The summed E-state index contributed by atoms with van der Waals surface area (Å²) in [5, 5.41) is -0.721. The number of hydrogen-bond donors (Lipinski definition) is 0. The van der Waals surface area contributed by atoms with Gasteiger partial charge in [-0.15, -0.1) is 12.4 Å². The summed E-state index contributed by atoms with van der Waals surface area (Å²) in [4.78, 5) is 2.41. The Bertz CT molecular complexity index is 901. The Kier molecular flexibility index (Phi) is 8.89. The van der Waals surface area contributed by atoms with E-state index in [1.807, 2.05) is 0 Å². The molecule has 160 valence electrons. The molecular weight excluding hydrogens is 439 g/mol. The molecule has 0 amide bonds. The van der Waals surface area contributed by atoms with Gasteiger partial charge in [0.15, 0.2) is 9.84 Å². The molecule has 29 heavy (non-hydrogen) atoms. The Labute approximate surface area is 182 Å². The lowest BCUT2D eigenvalue weighted by molar-refractivity contribution is 0.328. The van der Waals surface area contributed by atoms with E-state index in [1.54, 1.807) is 0 Å². The van der Waals surface area contributed by atoms with Gasteiger partial charge in [0.25, 0.3) is 0 Å². The van der Waals surface area contributed by atoms with Crippen molar-refractivity contribution in [3.63, 3.8) is 0 Å². The van der Waals surface area contributed by atoms with Crippen molar-refractivity contribution in [3.05, 3.63) is 64.7 Å². The molecule has 0 bridgehead atoms. The van der Waals surface area contributed by atoms with Crippen molar-refractivity contribution in [2.75, 3.05) is 19.6 Å². The maximum absolute atomic E-state index is 14.4. The second-order valence-electron chi connectivity index (χ2n) is 7.20. The van der Waals surface area contributed by atoms with Crippen LogP contribution in [0.3, 0.4) is 0 Å². The smallest absolute Gasteiger partial charge is 0.185 e. The fraction of sp³-hybridized carbons (Fsp3) is 0.429. The van der Waals surface area contributed by atoms with E-state index >= 15 is 0 Å². The van der Waals surface area contributed by atoms with Crippen LogP contribution in [0.1, 0.15) is 42.9 Å². The molecule has 0 aliphatic carbocycles. The van der Waals surface area contributed by atoms with Gasteiger partial charge < -0.3 is 4.90 Å². The molecule has 1 fully saturated rings. The largest absolute Gasteiger partial charge is 0.303 e. The lowest BCUT2D eigenvalue weighted by Gasteiger charge is -2.20. The van der Waals surface area contributed by atoms with Crippen LogP contribution in [0.5, 0.6) is 0 Å². The first kappa shape index (κ1) is 24.1. The number of sulfone groups is 1. The van der Waals surface area contributed by atoms with Crippen LogP contribution in [0.15, 0.2) is 47.4 Å². The van der Waals surface area contributed by atoms with Gasteiger partial charge in [0.2, 0.25) is 0 Å². The summed E-state index contributed by atoms with van der Waals surface area (Å²) in [7, 11) is -3.89. The van der Waals surface area contributed by atoms with Gasteiger partial charge in [0.1, 0.15) is 11.6 Å². The van der Waals surface area contributed by atoms with Gasteiger partial charge in [-0.05, 0) is 87.8 Å². The third kappa shape index (κ3) is 6.14. The summed E-state index contributed by atoms with van der Waals surface area (Å²) in [5.74, 6) is -1.35. The molecule has 0 spiro atoms. The molecule has 1 atom stereocenters. The van der Waals surface area contributed by atoms with Crippen LogP contribution in [0.25, 0.3) is 0 Å². The van der Waals surface area contributed by atoms with Gasteiger partial charge in [0, 0.05) is 10.6 Å². The highest BCUT2D eigenvalue weighted by molar-refractivity contribution is 7.91. The van der Waals surface area contributed by atoms with Crippen molar-refractivity contribution in [3.8, 4) is 0 Å². The molecule has 1 saturated heterocycles. The van der Waals surface area contributed by atoms with Crippen LogP contribution < -0.4 is 0 Å². The first-order chi connectivity index (χ1) is 13.4. The molecule has 3 nitrogen and oxygen atoms in total. The van der Waals surface area contributed by atoms with Gasteiger partial charge in [-0.2, -0.15) is 0 Å². The van der Waals surface area contributed by atoms with E-state index in [-0.39, 0.29) is 29.3 Å². The zero-order valence-corrected chi connectivity index (χ0v) is 18.4. The molecule has 2 aromatic rings. The normalized spacial score (nSPS) is 15.8. The lowest BCUT2D eigenvalue weighted by atomic mass is 10.1. The third-order valence-electron chi connectivity index (χ3n) is 5.21. The number of benzene rings is 2. The van der Waals surface area contributed by atoms with Crippen LogP contribution in [0.4, 0.5) is 8.78 Å². The fourth-order valence-electron chi connectivity index (χ4n) is 3.70. The Morgan fingerprint density at radius 2 is 1.66 bits per heavy atom. The number of likely N-dealkylation sites (tertiary alicyclic amines) is 1. The fourth-order valence-corrected chi connectivity index (χ4v) is 5.66. The number of halogens is 4. The molecule has 0 radical (unpaired) electrons. The van der Waals surface area contributed by atoms with Crippen molar-refractivity contribution in [2.24, 2.45) is 0 Å². The predicted octanol–water partition coefficient (Wildman–Crippen LogP) is 5.82. The van der Waals surface area contributed by atoms with Crippen LogP contribution in [-0.2, 0) is 9.84 Å². The van der Waals surface area contributed by atoms with E-state index < -0.39 is 26.7 Å². The molecule has 1 aliphatic heterocycles. The predicted molar refractivity (Wildman–Crippen MR) is 115 cm³/mol. The van der Waals surface area contributed by atoms with E-state index in [9.17, 15) is 17.2 Å². The molecule has 0 aromatic heterocycles. The van der Waals surface area contributed by atoms with E-state index in [0.717, 1.165) is 44.3 Å². The van der Waals surface area contributed by atoms with Crippen molar-refractivity contribution < 1.29 is 17.2 Å². The van der Waals surface area contributed by atoms with Crippen molar-refractivity contribution >= 4 is 33.8 Å². The Hall–Kier alpha value is -1.21. The monoisotopic (exact) mass is 463 g/mol. The SMILES string of the molecule is Cl.O=S(=O)(c1ccc(Cl)cc1)C(CCCCN1CCCC1)c1cc(F)ccc1F. The van der Waals surface area contributed by atoms with Crippen LogP contribution in [0.2, 0.25) is 5.02 Å². The zero-order valence-electron chi connectivity index (χ0n) is 16.0. The van der Waals surface area contributed by atoms with Crippen molar-refractivity contribution in [1.29, 1.82) is 0 Å². The second kappa shape index (κ2) is 10.7. The van der Waals surface area contributed by atoms with Gasteiger partial charge in [-0.1, -0.05) is 18.0 Å². The Morgan fingerprint density at radius 1 is 1.00 bits per heavy atom. The first-order valence-corrected chi connectivity index (χ1v) is 11.5. The second-order valence-corrected chi connectivity index (χ2v) is 9.76. The number of rotatable bonds is 8. The summed E-state index contributed by atoms with van der Waals surface area (Å²) >= 11 is 5.86. The van der Waals surface area contributed by atoms with E-state index in [2.05, 4.69) is 4.90 Å². The number of nitrogens with zero attached hydrogens (tertiary/aromatic N) is 1. The molecular formula is C21H25Cl2F2NO2S. The average molecular weight is 464 g/mol. The minimum absolute atomic E-state index is 0. The molecule has 1 heterocycles. The highest BCUT2D eigenvalue weighted by atomic mass is 35.5. The van der Waals surface area contributed by atoms with Gasteiger partial charge in [0.05, 0.1) is 10.1 Å². The Balaban J connectivity index is 0.00000300. The van der Waals surface area contributed by atoms with Crippen LogP contribution in [0, 0.1) is 11.6 Å². The van der Waals surface area contributed by atoms with E-state index in [0.29, 0.717) is 11.4 Å². The van der Waals surface area contributed by atoms with Crippen LogP contribution >= 0.6 is 24.0 Å². The molecule has 3 rings (SSSR count). The van der Waals surface area contributed by atoms with Gasteiger partial charge in [-0.3, -0.25) is 0 Å². The summed E-state index contributed by atoms with van der Waals surface area (Å²) in [5.41, 5.74) is -0.115. The average Bonchev–Trinajstić information content (AvgIpc) is 3.18. The van der Waals surface area contributed by atoms with E-state index in [1.165, 1.54) is 37.1 Å². The highest BCUT2D eigenvalue weighted by Gasteiger charge is 2.31. The van der Waals surface area contributed by atoms with Crippen molar-refractivity contribution in [2.45, 2.75) is 42.2 Å². The summed E-state index contributed by atoms with van der Waals surface area (Å²) in [6.07, 6.45) is 4.07. The first-order valence-electron chi connectivity index (χ1n) is 9.55. The van der Waals surface area contributed by atoms with Gasteiger partial charge >= 0.3 is 0 Å². The maximum Gasteiger partial charge on any atom is 0.185 e. The molecule has 1 aliphatic rings. The highest BCUT2D eigenvalue weighted by Crippen LogP contribution is 2.35. The van der Waals surface area contributed by atoms with Crippen LogP contribution in [-0.4, -0.2) is 33.0 Å². The topological polar surface area (TPSA) is 37.4 Å². The number of hydrogen-bond acceptors (Lipinski definition) is 3. The summed E-state index contributed by atoms with van der Waals surface area (Å²) < 4.78 is 54.6. The number of unbranched alkanes of at least 4 members (excludes halogenated alkanes) is 1. The molecule has 2 aromatic carbocycles. The van der Waals surface area contributed by atoms with Crippen molar-refractivity contribution in [1.82, 2.24) is 4.90 Å². The Morgan fingerprint density at radius 3 is 2.31 bits per heavy atom. The minimum Gasteiger partial charge on any atom is -0.303 e. The third-order valence-corrected chi connectivity index (χ3v) is 7.63. The lowest BCUT2D eigenvalue weighted by Crippen LogP contribution is -2.21. The molecule has 0 saturated carbocycles. The standard InChI is InChI=1S/C21H24ClF2NO2S.ClH/c22-16-6-9-18(10-7-16)28(26,27)21(19-15-17(23)8-11-20(19)24)5-1-2-12-25-13-3-4-14-25;/h6-11,15,21H,1-5,12-14H2;1H. The quantitative estimate of drug-likeness (QED) is 0.462. The van der Waals surface area contributed by atoms with Gasteiger partial charge in [-0.25, -0.2) is 17.2 Å². The summed E-state index contributed by atoms with van der Waals surface area (Å²) in [6.45, 7) is 3.05. The zero-order chi connectivity index (χ0) is 20.1. The molecule has 1 unspecified atom stereocenters. The molecule has 0 N–H and O–H groups in total. The maximum atomic E-state index is 14.4.